The number of hydrogen-bond donors (Lipinski definition) is 1. The maximum absolute atomic E-state index is 12.2. The van der Waals surface area contributed by atoms with E-state index in [1.165, 1.54) is 0 Å². The van der Waals surface area contributed by atoms with Gasteiger partial charge in [0.1, 0.15) is 11.5 Å². The summed E-state index contributed by atoms with van der Waals surface area (Å²) in [6, 6.07) is 5.11. The van der Waals surface area contributed by atoms with Gasteiger partial charge in [-0.25, -0.2) is 0 Å². The largest absolute Gasteiger partial charge is 0.497 e. The van der Waals surface area contributed by atoms with Gasteiger partial charge in [-0.15, -0.1) is 0 Å². The van der Waals surface area contributed by atoms with Crippen molar-refractivity contribution in [2.24, 2.45) is 0 Å². The van der Waals surface area contributed by atoms with Gasteiger partial charge in [0.05, 0.1) is 20.8 Å². The molecule has 1 rings (SSSR count). The first-order chi connectivity index (χ1) is 10.6. The van der Waals surface area contributed by atoms with E-state index in [1.807, 2.05) is 0 Å². The molecular formula is C17H29NO4Si. The predicted octanol–water partition coefficient (Wildman–Crippen LogP) is 3.46. The molecule has 0 atom stereocenters. The maximum Gasteiger partial charge on any atom is 0.251 e. The Labute approximate surface area is 140 Å². The molecule has 1 aromatic carbocycles. The zero-order chi connectivity index (χ0) is 17.7. The molecule has 1 N–H and O–H groups in total. The number of ether oxygens (including phenoxy) is 2. The van der Waals surface area contributed by atoms with Crippen LogP contribution in [-0.4, -0.2) is 41.6 Å². The van der Waals surface area contributed by atoms with Crippen molar-refractivity contribution in [2.45, 2.75) is 38.9 Å². The van der Waals surface area contributed by atoms with E-state index in [2.05, 4.69) is 39.2 Å². The van der Waals surface area contributed by atoms with Crippen LogP contribution in [0.5, 0.6) is 11.5 Å². The van der Waals surface area contributed by atoms with Gasteiger partial charge in [-0.1, -0.05) is 20.8 Å². The van der Waals surface area contributed by atoms with Crippen LogP contribution < -0.4 is 14.8 Å². The summed E-state index contributed by atoms with van der Waals surface area (Å²) in [5, 5.41) is 3.04. The number of carbonyl (C=O) groups excluding carboxylic acids is 1. The van der Waals surface area contributed by atoms with E-state index >= 15 is 0 Å². The average Bonchev–Trinajstić information content (AvgIpc) is 2.49. The van der Waals surface area contributed by atoms with E-state index in [1.54, 1.807) is 32.4 Å². The minimum Gasteiger partial charge on any atom is -0.497 e. The summed E-state index contributed by atoms with van der Waals surface area (Å²) in [5.74, 6) is 1.01. The lowest BCUT2D eigenvalue weighted by Crippen LogP contribution is -2.42. The van der Waals surface area contributed by atoms with E-state index < -0.39 is 8.32 Å². The molecule has 0 aromatic heterocycles. The average molecular weight is 340 g/mol. The second-order valence-corrected chi connectivity index (χ2v) is 11.8. The highest BCUT2D eigenvalue weighted by Gasteiger charge is 2.36. The van der Waals surface area contributed by atoms with Crippen molar-refractivity contribution in [3.8, 4) is 11.5 Å². The first-order valence-electron chi connectivity index (χ1n) is 7.76. The van der Waals surface area contributed by atoms with E-state index in [9.17, 15) is 4.79 Å². The zero-order valence-corrected chi connectivity index (χ0v) is 16.3. The topological polar surface area (TPSA) is 56.8 Å². The van der Waals surface area contributed by atoms with E-state index in [0.717, 1.165) is 0 Å². The molecule has 1 aromatic rings. The molecule has 0 fully saturated rings. The smallest absolute Gasteiger partial charge is 0.251 e. The van der Waals surface area contributed by atoms with Gasteiger partial charge in [-0.05, 0) is 30.3 Å². The highest BCUT2D eigenvalue weighted by molar-refractivity contribution is 6.74. The van der Waals surface area contributed by atoms with Crippen molar-refractivity contribution in [2.75, 3.05) is 27.4 Å². The van der Waals surface area contributed by atoms with Gasteiger partial charge in [0.15, 0.2) is 8.32 Å². The predicted molar refractivity (Wildman–Crippen MR) is 95.0 cm³/mol. The quantitative estimate of drug-likeness (QED) is 0.610. The molecule has 0 aliphatic carbocycles. The molecular weight excluding hydrogens is 310 g/mol. The van der Waals surface area contributed by atoms with Gasteiger partial charge in [0.25, 0.3) is 5.91 Å². The summed E-state index contributed by atoms with van der Waals surface area (Å²) in [6.07, 6.45) is 0. The summed E-state index contributed by atoms with van der Waals surface area (Å²) >= 11 is 0. The van der Waals surface area contributed by atoms with Gasteiger partial charge < -0.3 is 19.2 Å². The number of carbonyl (C=O) groups is 1. The van der Waals surface area contributed by atoms with Crippen molar-refractivity contribution in [3.63, 3.8) is 0 Å². The van der Waals surface area contributed by atoms with Crippen LogP contribution in [0.25, 0.3) is 0 Å². The van der Waals surface area contributed by atoms with Crippen LogP contribution in [0.1, 0.15) is 31.1 Å². The molecule has 23 heavy (non-hydrogen) atoms. The van der Waals surface area contributed by atoms with Crippen LogP contribution in [0, 0.1) is 0 Å². The van der Waals surface area contributed by atoms with E-state index in [4.69, 9.17) is 13.9 Å². The van der Waals surface area contributed by atoms with Crippen LogP contribution in [0.3, 0.4) is 0 Å². The van der Waals surface area contributed by atoms with Gasteiger partial charge in [0.2, 0.25) is 0 Å². The van der Waals surface area contributed by atoms with Crippen molar-refractivity contribution >= 4 is 14.2 Å². The summed E-state index contributed by atoms with van der Waals surface area (Å²) in [6.45, 7) is 12.0. The Balaban J connectivity index is 2.58. The molecule has 1 amide bonds. The van der Waals surface area contributed by atoms with Crippen LogP contribution in [-0.2, 0) is 4.43 Å². The highest BCUT2D eigenvalue weighted by Crippen LogP contribution is 2.36. The molecule has 0 aliphatic heterocycles. The molecule has 0 radical (unpaired) electrons. The number of amides is 1. The molecule has 0 aliphatic rings. The second-order valence-electron chi connectivity index (χ2n) is 6.97. The minimum atomic E-state index is -1.78. The molecule has 6 heteroatoms. The maximum atomic E-state index is 12.2. The Morgan fingerprint density at radius 3 is 2.04 bits per heavy atom. The number of methoxy groups -OCH3 is 2. The third kappa shape index (κ3) is 5.55. The van der Waals surface area contributed by atoms with Crippen molar-refractivity contribution < 1.29 is 18.7 Å². The normalized spacial score (nSPS) is 12.0. The first-order valence-corrected chi connectivity index (χ1v) is 10.7. The zero-order valence-electron chi connectivity index (χ0n) is 15.3. The van der Waals surface area contributed by atoms with Gasteiger partial charge in [-0.3, -0.25) is 4.79 Å². The third-order valence-corrected chi connectivity index (χ3v) is 8.81. The lowest BCUT2D eigenvalue weighted by atomic mass is 10.2. The molecule has 0 unspecified atom stereocenters. The molecule has 0 saturated carbocycles. The summed E-state index contributed by atoms with van der Waals surface area (Å²) < 4.78 is 16.4. The van der Waals surface area contributed by atoms with Crippen LogP contribution in [0.4, 0.5) is 0 Å². The standard InChI is InChI=1S/C17H29NO4Si/c1-17(2,3)23(6,7)22-9-8-18-16(19)13-10-14(20-4)12-15(11-13)21-5/h10-12H,8-9H2,1-7H3,(H,18,19). The first kappa shape index (κ1) is 19.5. The van der Waals surface area contributed by atoms with Crippen LogP contribution >= 0.6 is 0 Å². The summed E-state index contributed by atoms with van der Waals surface area (Å²) in [7, 11) is 1.34. The molecule has 0 spiro atoms. The van der Waals surface area contributed by atoms with Crippen molar-refractivity contribution in [3.05, 3.63) is 23.8 Å². The molecule has 5 nitrogen and oxygen atoms in total. The monoisotopic (exact) mass is 339 g/mol. The van der Waals surface area contributed by atoms with Crippen LogP contribution in [0.2, 0.25) is 18.1 Å². The summed E-state index contributed by atoms with van der Waals surface area (Å²) in [5.41, 5.74) is 0.508. The number of benzene rings is 1. The van der Waals surface area contributed by atoms with Crippen LogP contribution in [0.15, 0.2) is 18.2 Å². The Bertz CT molecular complexity index is 516. The lowest BCUT2D eigenvalue weighted by molar-refractivity contribution is 0.0945. The van der Waals surface area contributed by atoms with Gasteiger partial charge in [-0.2, -0.15) is 0 Å². The molecule has 130 valence electrons. The van der Waals surface area contributed by atoms with Gasteiger partial charge >= 0.3 is 0 Å². The van der Waals surface area contributed by atoms with E-state index in [-0.39, 0.29) is 10.9 Å². The Morgan fingerprint density at radius 1 is 1.09 bits per heavy atom. The fourth-order valence-corrected chi connectivity index (χ4v) is 2.77. The molecule has 0 bridgehead atoms. The molecule has 0 heterocycles. The summed E-state index contributed by atoms with van der Waals surface area (Å²) in [4.78, 5) is 12.2. The van der Waals surface area contributed by atoms with Gasteiger partial charge in [0, 0.05) is 18.2 Å². The second kappa shape index (κ2) is 7.83. The minimum absolute atomic E-state index is 0.164. The SMILES string of the molecule is COc1cc(OC)cc(C(=O)NCCO[Si](C)(C)C(C)(C)C)c1. The van der Waals surface area contributed by atoms with E-state index in [0.29, 0.717) is 30.2 Å². The highest BCUT2D eigenvalue weighted by atomic mass is 28.4. The number of rotatable bonds is 7. The third-order valence-electron chi connectivity index (χ3n) is 4.27. The van der Waals surface area contributed by atoms with Crippen molar-refractivity contribution in [1.29, 1.82) is 0 Å². The lowest BCUT2D eigenvalue weighted by Gasteiger charge is -2.36. The van der Waals surface area contributed by atoms with Crippen molar-refractivity contribution in [1.82, 2.24) is 5.32 Å². The number of hydrogen-bond acceptors (Lipinski definition) is 4. The number of nitrogens with one attached hydrogen (secondary N) is 1. The Hall–Kier alpha value is -1.53. The molecule has 0 saturated heterocycles. The fraction of sp³-hybridized carbons (Fsp3) is 0.588. The Morgan fingerprint density at radius 2 is 1.61 bits per heavy atom. The fourth-order valence-electron chi connectivity index (χ4n) is 1.73. The Kier molecular flexibility index (Phi) is 6.65.